The van der Waals surface area contributed by atoms with Crippen LogP contribution in [0.25, 0.3) is 21.7 Å². The lowest BCUT2D eigenvalue weighted by Crippen LogP contribution is -2.31. The molecule has 3 aromatic carbocycles. The fourth-order valence-corrected chi connectivity index (χ4v) is 4.73. The highest BCUT2D eigenvalue weighted by molar-refractivity contribution is 7.12. The lowest BCUT2D eigenvalue weighted by molar-refractivity contribution is 0.0988. The first-order valence-electron chi connectivity index (χ1n) is 10.1. The van der Waals surface area contributed by atoms with Crippen molar-refractivity contribution in [1.82, 2.24) is 9.97 Å². The van der Waals surface area contributed by atoms with Crippen LogP contribution in [0.15, 0.2) is 71.0 Å². The summed E-state index contributed by atoms with van der Waals surface area (Å²) in [7, 11) is 0. The number of pyridine rings is 1. The summed E-state index contributed by atoms with van der Waals surface area (Å²) >= 11 is 1.23. The van der Waals surface area contributed by atoms with Crippen LogP contribution in [0.3, 0.4) is 0 Å². The number of nitrogens with zero attached hydrogens (tertiary/aromatic N) is 2. The molecule has 5 aromatic rings. The van der Waals surface area contributed by atoms with Crippen molar-refractivity contribution < 1.29 is 13.6 Å². The summed E-state index contributed by atoms with van der Waals surface area (Å²) in [6.45, 7) is 1.74. The van der Waals surface area contributed by atoms with E-state index in [1.165, 1.54) is 23.5 Å². The van der Waals surface area contributed by atoms with Crippen molar-refractivity contribution in [2.75, 3.05) is 4.90 Å². The van der Waals surface area contributed by atoms with Gasteiger partial charge in [0.2, 0.25) is 5.56 Å². The number of aromatic amines is 1. The number of carbonyl (C=O) groups is 1. The molecular weight excluding hydrogens is 444 g/mol. The average Bonchev–Trinajstić information content (AvgIpc) is 3.25. The molecule has 0 spiro atoms. The molecule has 0 radical (unpaired) electrons. The molecular formula is C25H17F2N3O2S. The van der Waals surface area contributed by atoms with E-state index in [1.807, 2.05) is 42.5 Å². The van der Waals surface area contributed by atoms with Gasteiger partial charge >= 0.3 is 0 Å². The normalized spacial score (nSPS) is 11.2. The summed E-state index contributed by atoms with van der Waals surface area (Å²) in [5, 5.41) is 2.12. The van der Waals surface area contributed by atoms with Crippen LogP contribution >= 0.6 is 11.3 Å². The number of H-pyrrole nitrogens is 1. The van der Waals surface area contributed by atoms with Gasteiger partial charge in [0.1, 0.15) is 4.88 Å². The largest absolute Gasteiger partial charge is 0.319 e. The Hall–Kier alpha value is -3.91. The van der Waals surface area contributed by atoms with Crippen molar-refractivity contribution in [3.05, 3.63) is 104 Å². The molecule has 0 unspecified atom stereocenters. The predicted molar refractivity (Wildman–Crippen MR) is 126 cm³/mol. The van der Waals surface area contributed by atoms with Crippen LogP contribution < -0.4 is 10.5 Å². The number of amides is 1. The summed E-state index contributed by atoms with van der Waals surface area (Å²) in [6.07, 6.45) is 0. The van der Waals surface area contributed by atoms with Gasteiger partial charge in [-0.1, -0.05) is 36.4 Å². The third-order valence-corrected chi connectivity index (χ3v) is 6.48. The number of anilines is 1. The summed E-state index contributed by atoms with van der Waals surface area (Å²) in [4.78, 5) is 34.6. The zero-order valence-corrected chi connectivity index (χ0v) is 18.2. The molecule has 0 atom stereocenters. The molecule has 1 amide bonds. The standard InChI is InChI=1S/C25H17F2N3O2S/c1-14-24(33-13-28-14)25(32)30(20-8-4-6-15-5-2-3-7-17(15)20)12-16-11-21(31)29-23-18(16)9-10-19(26)22(23)27/h2-11,13H,12H2,1H3,(H,29,31). The molecule has 0 saturated heterocycles. The van der Waals surface area contributed by atoms with Gasteiger partial charge in [0, 0.05) is 16.8 Å². The fourth-order valence-electron chi connectivity index (χ4n) is 3.98. The van der Waals surface area contributed by atoms with Gasteiger partial charge < -0.3 is 9.88 Å². The fraction of sp³-hybridized carbons (Fsp3) is 0.0800. The molecule has 0 bridgehead atoms. The van der Waals surface area contributed by atoms with Crippen LogP contribution in [-0.4, -0.2) is 15.9 Å². The second-order valence-corrected chi connectivity index (χ2v) is 8.45. The quantitative estimate of drug-likeness (QED) is 0.380. The van der Waals surface area contributed by atoms with Gasteiger partial charge in [-0.05, 0) is 36.1 Å². The first kappa shape index (κ1) is 21.0. The number of halogens is 2. The molecule has 2 aromatic heterocycles. The number of carbonyl (C=O) groups excluding carboxylic acids is 1. The van der Waals surface area contributed by atoms with Crippen LogP contribution in [-0.2, 0) is 6.54 Å². The lowest BCUT2D eigenvalue weighted by Gasteiger charge is -2.25. The second kappa shape index (κ2) is 8.22. The number of aromatic nitrogens is 2. The van der Waals surface area contributed by atoms with Gasteiger partial charge in [-0.2, -0.15) is 0 Å². The van der Waals surface area contributed by atoms with Crippen LogP contribution in [0.5, 0.6) is 0 Å². The number of rotatable bonds is 4. The van der Waals surface area contributed by atoms with Crippen LogP contribution in [0.2, 0.25) is 0 Å². The second-order valence-electron chi connectivity index (χ2n) is 7.60. The van der Waals surface area contributed by atoms with E-state index in [0.717, 1.165) is 16.8 Å². The van der Waals surface area contributed by atoms with Gasteiger partial charge in [-0.25, -0.2) is 13.8 Å². The highest BCUT2D eigenvalue weighted by Gasteiger charge is 2.24. The Bertz CT molecular complexity index is 1590. The van der Waals surface area contributed by atoms with E-state index in [2.05, 4.69) is 9.97 Å². The summed E-state index contributed by atoms with van der Waals surface area (Å²) in [5.74, 6) is -2.48. The number of thiazole rings is 1. The number of fused-ring (bicyclic) bond motifs is 2. The smallest absolute Gasteiger partial charge is 0.270 e. The number of hydrogen-bond donors (Lipinski definition) is 1. The first-order valence-corrected chi connectivity index (χ1v) is 11.0. The third-order valence-electron chi connectivity index (χ3n) is 5.57. The van der Waals surface area contributed by atoms with E-state index in [1.54, 1.807) is 17.3 Å². The molecule has 0 aliphatic carbocycles. The highest BCUT2D eigenvalue weighted by Crippen LogP contribution is 2.32. The zero-order valence-electron chi connectivity index (χ0n) is 17.4. The van der Waals surface area contributed by atoms with Crippen molar-refractivity contribution in [1.29, 1.82) is 0 Å². The molecule has 0 saturated carbocycles. The molecule has 5 nitrogen and oxygen atoms in total. The topological polar surface area (TPSA) is 66.1 Å². The van der Waals surface area contributed by atoms with Crippen molar-refractivity contribution >= 4 is 44.6 Å². The lowest BCUT2D eigenvalue weighted by atomic mass is 10.0. The molecule has 1 N–H and O–H groups in total. The van der Waals surface area contributed by atoms with E-state index >= 15 is 0 Å². The molecule has 33 heavy (non-hydrogen) atoms. The van der Waals surface area contributed by atoms with E-state index in [0.29, 0.717) is 27.2 Å². The van der Waals surface area contributed by atoms with Crippen LogP contribution in [0.4, 0.5) is 14.5 Å². The minimum absolute atomic E-state index is 0.0182. The Labute approximate surface area is 190 Å². The predicted octanol–water partition coefficient (Wildman–Crippen LogP) is 5.57. The van der Waals surface area contributed by atoms with Gasteiger partial charge in [0.25, 0.3) is 5.91 Å². The molecule has 0 aliphatic rings. The van der Waals surface area contributed by atoms with E-state index in [-0.39, 0.29) is 18.0 Å². The monoisotopic (exact) mass is 461 g/mol. The Morgan fingerprint density at radius 1 is 1.06 bits per heavy atom. The Morgan fingerprint density at radius 2 is 1.85 bits per heavy atom. The Kier molecular flexibility index (Phi) is 5.22. The van der Waals surface area contributed by atoms with E-state index in [4.69, 9.17) is 0 Å². The molecule has 0 aliphatic heterocycles. The van der Waals surface area contributed by atoms with Gasteiger partial charge in [-0.3, -0.25) is 9.59 Å². The van der Waals surface area contributed by atoms with Crippen molar-refractivity contribution in [3.8, 4) is 0 Å². The molecule has 164 valence electrons. The maximum atomic E-state index is 14.4. The SMILES string of the molecule is Cc1ncsc1C(=O)N(Cc1cc(=O)[nH]c2c(F)c(F)ccc12)c1cccc2ccccc12. The molecule has 0 fully saturated rings. The van der Waals surface area contributed by atoms with E-state index in [9.17, 15) is 18.4 Å². The number of aryl methyl sites for hydroxylation is 1. The van der Waals surface area contributed by atoms with Crippen LogP contribution in [0.1, 0.15) is 20.9 Å². The Morgan fingerprint density at radius 3 is 2.64 bits per heavy atom. The first-order chi connectivity index (χ1) is 15.9. The van der Waals surface area contributed by atoms with Gasteiger partial charge in [-0.15, -0.1) is 11.3 Å². The third kappa shape index (κ3) is 3.68. The minimum Gasteiger partial charge on any atom is -0.319 e. The zero-order chi connectivity index (χ0) is 23.1. The van der Waals surface area contributed by atoms with Crippen molar-refractivity contribution in [3.63, 3.8) is 0 Å². The molecule has 5 rings (SSSR count). The number of hydrogen-bond acceptors (Lipinski definition) is 4. The molecule has 8 heteroatoms. The summed E-state index contributed by atoms with van der Waals surface area (Å²) in [6, 6.07) is 17.0. The summed E-state index contributed by atoms with van der Waals surface area (Å²) in [5.41, 5.74) is 2.43. The maximum Gasteiger partial charge on any atom is 0.270 e. The highest BCUT2D eigenvalue weighted by atomic mass is 32.1. The molecule has 2 heterocycles. The van der Waals surface area contributed by atoms with Crippen molar-refractivity contribution in [2.24, 2.45) is 0 Å². The van der Waals surface area contributed by atoms with Crippen molar-refractivity contribution in [2.45, 2.75) is 13.5 Å². The number of benzene rings is 3. The summed E-state index contributed by atoms with van der Waals surface area (Å²) < 4.78 is 28.2. The van der Waals surface area contributed by atoms with Gasteiger partial charge in [0.15, 0.2) is 11.6 Å². The minimum atomic E-state index is -1.13. The van der Waals surface area contributed by atoms with E-state index < -0.39 is 17.2 Å². The van der Waals surface area contributed by atoms with Gasteiger partial charge in [0.05, 0.1) is 29.0 Å². The maximum absolute atomic E-state index is 14.4. The Balaban J connectivity index is 1.73. The average molecular weight is 461 g/mol. The van der Waals surface area contributed by atoms with Crippen LogP contribution in [0, 0.1) is 18.6 Å². The number of nitrogens with one attached hydrogen (secondary N) is 1.